The van der Waals surface area contributed by atoms with E-state index in [0.717, 1.165) is 24.3 Å². The summed E-state index contributed by atoms with van der Waals surface area (Å²) < 4.78 is 50.6. The van der Waals surface area contributed by atoms with Crippen molar-refractivity contribution in [1.82, 2.24) is 9.80 Å². The number of likely N-dealkylation sites (tertiary alicyclic amines) is 2. The van der Waals surface area contributed by atoms with E-state index in [0.29, 0.717) is 6.42 Å². The maximum atomic E-state index is 13.1. The first-order valence-corrected chi connectivity index (χ1v) is 6.49. The predicted octanol–water partition coefficient (Wildman–Crippen LogP) is 1.83. The Morgan fingerprint density at radius 3 is 2.58 bits per heavy atom. The van der Waals surface area contributed by atoms with Gasteiger partial charge in [0.2, 0.25) is 0 Å². The predicted molar refractivity (Wildman–Crippen MR) is 61.3 cm³/mol. The molecule has 0 aromatic rings. The first-order chi connectivity index (χ1) is 8.84. The van der Waals surface area contributed by atoms with Gasteiger partial charge < -0.3 is 9.80 Å². The molecule has 2 rings (SSSR count). The molecule has 0 aromatic carbocycles. The van der Waals surface area contributed by atoms with Crippen LogP contribution >= 0.6 is 0 Å². The summed E-state index contributed by atoms with van der Waals surface area (Å²) in [5, 5.41) is 0. The van der Waals surface area contributed by atoms with Crippen LogP contribution in [-0.4, -0.2) is 60.8 Å². The van der Waals surface area contributed by atoms with Crippen LogP contribution in [0.5, 0.6) is 0 Å². The second-order valence-corrected chi connectivity index (χ2v) is 5.41. The molecule has 3 nitrogen and oxygen atoms in total. The zero-order chi connectivity index (χ0) is 14.2. The molecule has 0 radical (unpaired) electrons. The average molecular weight is 282 g/mol. The third-order valence-corrected chi connectivity index (χ3v) is 4.19. The van der Waals surface area contributed by atoms with Crippen LogP contribution in [-0.2, 0) is 4.79 Å². The van der Waals surface area contributed by atoms with Crippen molar-refractivity contribution in [2.24, 2.45) is 5.92 Å². The van der Waals surface area contributed by atoms with E-state index >= 15 is 0 Å². The van der Waals surface area contributed by atoms with Gasteiger partial charge in [-0.25, -0.2) is 8.78 Å². The Bertz CT molecular complexity index is 351. The number of halogens is 4. The summed E-state index contributed by atoms with van der Waals surface area (Å²) in [6.45, 7) is 1.26. The number of piperidine rings is 2. The first-order valence-electron chi connectivity index (χ1n) is 6.49. The fourth-order valence-corrected chi connectivity index (χ4v) is 3.14. The minimum atomic E-state index is -4.56. The van der Waals surface area contributed by atoms with E-state index in [1.54, 1.807) is 0 Å². The fraction of sp³-hybridized carbons (Fsp3) is 0.917. The summed E-state index contributed by atoms with van der Waals surface area (Å²) in [4.78, 5) is 14.6. The third kappa shape index (κ3) is 2.70. The van der Waals surface area contributed by atoms with E-state index in [-0.39, 0.29) is 25.0 Å². The van der Waals surface area contributed by atoms with Crippen LogP contribution in [0.4, 0.5) is 17.6 Å². The van der Waals surface area contributed by atoms with Crippen molar-refractivity contribution in [3.05, 3.63) is 0 Å². The lowest BCUT2D eigenvalue weighted by atomic mass is 9.84. The van der Waals surface area contributed by atoms with Crippen molar-refractivity contribution < 1.29 is 22.4 Å². The number of hydrogen-bond acceptors (Lipinski definition) is 2. The van der Waals surface area contributed by atoms with Gasteiger partial charge in [-0.2, -0.15) is 8.78 Å². The Kier molecular flexibility index (Phi) is 4.03. The number of carbonyl (C=O) groups excluding carboxylic acids is 1. The standard InChI is InChI=1S/C12H18F4N2O/c1-17-5-2-3-8-7-18(6-4-9(8)17)11(19)12(15,16)10(13)14/h8-10H,2-7H2,1H3. The Balaban J connectivity index is 2.03. The van der Waals surface area contributed by atoms with Gasteiger partial charge in [0.1, 0.15) is 0 Å². The summed E-state index contributed by atoms with van der Waals surface area (Å²) in [5.74, 6) is -6.17. The highest BCUT2D eigenvalue weighted by atomic mass is 19.3. The van der Waals surface area contributed by atoms with Crippen LogP contribution in [0.15, 0.2) is 0 Å². The largest absolute Gasteiger partial charge is 0.383 e. The van der Waals surface area contributed by atoms with Crippen molar-refractivity contribution in [3.63, 3.8) is 0 Å². The Labute approximate surface area is 109 Å². The topological polar surface area (TPSA) is 23.6 Å². The molecule has 0 aromatic heterocycles. The van der Waals surface area contributed by atoms with E-state index in [1.807, 2.05) is 7.05 Å². The van der Waals surface area contributed by atoms with Gasteiger partial charge in [-0.15, -0.1) is 0 Å². The number of carbonyl (C=O) groups is 1. The van der Waals surface area contributed by atoms with E-state index in [4.69, 9.17) is 0 Å². The lowest BCUT2D eigenvalue weighted by molar-refractivity contribution is -0.183. The van der Waals surface area contributed by atoms with Crippen LogP contribution in [0.25, 0.3) is 0 Å². The second kappa shape index (κ2) is 5.26. The van der Waals surface area contributed by atoms with Gasteiger partial charge >= 0.3 is 12.3 Å². The molecule has 2 heterocycles. The highest BCUT2D eigenvalue weighted by Gasteiger charge is 2.52. The monoisotopic (exact) mass is 282 g/mol. The molecule has 7 heteroatoms. The number of alkyl halides is 4. The zero-order valence-electron chi connectivity index (χ0n) is 10.8. The van der Waals surface area contributed by atoms with Gasteiger partial charge in [-0.05, 0) is 38.8 Å². The van der Waals surface area contributed by atoms with Crippen molar-refractivity contribution in [2.45, 2.75) is 37.7 Å². The minimum Gasteiger partial charge on any atom is -0.337 e. The number of rotatable bonds is 2. The van der Waals surface area contributed by atoms with Crippen molar-refractivity contribution in [3.8, 4) is 0 Å². The summed E-state index contributed by atoms with van der Waals surface area (Å²) in [6, 6.07) is 0.276. The van der Waals surface area contributed by atoms with E-state index < -0.39 is 18.3 Å². The van der Waals surface area contributed by atoms with E-state index in [9.17, 15) is 22.4 Å². The van der Waals surface area contributed by atoms with Crippen LogP contribution in [0.1, 0.15) is 19.3 Å². The molecule has 2 fully saturated rings. The van der Waals surface area contributed by atoms with Gasteiger partial charge in [-0.3, -0.25) is 4.79 Å². The minimum absolute atomic E-state index is 0.116. The number of amides is 1. The summed E-state index contributed by atoms with van der Waals surface area (Å²) >= 11 is 0. The van der Waals surface area contributed by atoms with Crippen LogP contribution in [0.3, 0.4) is 0 Å². The molecule has 2 aliphatic heterocycles. The van der Waals surface area contributed by atoms with Crippen molar-refractivity contribution in [1.29, 1.82) is 0 Å². The Hall–Kier alpha value is -0.850. The van der Waals surface area contributed by atoms with Crippen LogP contribution < -0.4 is 0 Å². The maximum Gasteiger partial charge on any atom is 0.383 e. The van der Waals surface area contributed by atoms with Gasteiger partial charge in [0.25, 0.3) is 5.91 Å². The number of fused-ring (bicyclic) bond motifs is 1. The molecule has 2 saturated heterocycles. The maximum absolute atomic E-state index is 13.1. The van der Waals surface area contributed by atoms with Crippen molar-refractivity contribution >= 4 is 5.91 Å². The highest BCUT2D eigenvalue weighted by molar-refractivity contribution is 5.84. The summed E-state index contributed by atoms with van der Waals surface area (Å²) in [5.41, 5.74) is 0. The molecule has 0 saturated carbocycles. The van der Waals surface area contributed by atoms with Gasteiger partial charge in [0, 0.05) is 19.1 Å². The molecule has 0 aliphatic carbocycles. The molecule has 110 valence electrons. The average Bonchev–Trinajstić information content (AvgIpc) is 2.37. The molecular weight excluding hydrogens is 264 g/mol. The molecule has 0 bridgehead atoms. The summed E-state index contributed by atoms with van der Waals surface area (Å²) in [6.07, 6.45) is -1.55. The molecule has 2 atom stereocenters. The van der Waals surface area contributed by atoms with Crippen LogP contribution in [0.2, 0.25) is 0 Å². The molecule has 19 heavy (non-hydrogen) atoms. The van der Waals surface area contributed by atoms with Crippen LogP contribution in [0, 0.1) is 5.92 Å². The lowest BCUT2D eigenvalue weighted by Gasteiger charge is -2.46. The molecule has 0 spiro atoms. The molecule has 1 amide bonds. The van der Waals surface area contributed by atoms with Crippen molar-refractivity contribution in [2.75, 3.05) is 26.7 Å². The quantitative estimate of drug-likeness (QED) is 0.721. The smallest absolute Gasteiger partial charge is 0.337 e. The van der Waals surface area contributed by atoms with E-state index in [1.165, 1.54) is 0 Å². The number of hydrogen-bond donors (Lipinski definition) is 0. The van der Waals surface area contributed by atoms with Gasteiger partial charge in [0.15, 0.2) is 0 Å². The molecule has 2 aliphatic rings. The zero-order valence-corrected chi connectivity index (χ0v) is 10.8. The summed E-state index contributed by atoms with van der Waals surface area (Å²) in [7, 11) is 1.97. The molecular formula is C12H18F4N2O. The first kappa shape index (κ1) is 14.6. The molecule has 0 N–H and O–H groups in total. The third-order valence-electron chi connectivity index (χ3n) is 4.19. The second-order valence-electron chi connectivity index (χ2n) is 5.41. The highest BCUT2D eigenvalue weighted by Crippen LogP contribution is 2.32. The van der Waals surface area contributed by atoms with Gasteiger partial charge in [-0.1, -0.05) is 0 Å². The van der Waals surface area contributed by atoms with E-state index in [2.05, 4.69) is 4.90 Å². The fourth-order valence-electron chi connectivity index (χ4n) is 3.14. The van der Waals surface area contributed by atoms with Gasteiger partial charge in [0.05, 0.1) is 0 Å². The Morgan fingerprint density at radius 2 is 1.95 bits per heavy atom. The normalized spacial score (nSPS) is 29.5. The lowest BCUT2D eigenvalue weighted by Crippen LogP contribution is -2.57. The number of nitrogens with zero attached hydrogens (tertiary/aromatic N) is 2. The Morgan fingerprint density at radius 1 is 1.26 bits per heavy atom. The molecule has 2 unspecified atom stereocenters. The SMILES string of the molecule is CN1CCCC2CN(C(=O)C(F)(F)C(F)F)CCC21.